The molecule has 2 N–H and O–H groups in total. The average Bonchev–Trinajstić information content (AvgIpc) is 2.63. The molecular weight excluding hydrogens is 322 g/mol. The maximum atomic E-state index is 12.3. The summed E-state index contributed by atoms with van der Waals surface area (Å²) in [6.45, 7) is 1.41. The van der Waals surface area contributed by atoms with Crippen molar-refractivity contribution >= 4 is 17.6 Å². The zero-order chi connectivity index (χ0) is 17.6. The standard InChI is InChI=1S/C19H19NO5/c21-18(20-17-4-2-1-3-16(17)19(22)23)13-5-7-14(8-6-13)25-15-9-11-24-12-10-15/h1-8,15H,9-12H2,(H,20,21)(H,22,23). The van der Waals surface area contributed by atoms with Crippen LogP contribution in [0.3, 0.4) is 0 Å². The summed E-state index contributed by atoms with van der Waals surface area (Å²) in [7, 11) is 0. The lowest BCUT2D eigenvalue weighted by molar-refractivity contribution is 0.0255. The summed E-state index contributed by atoms with van der Waals surface area (Å²) < 4.78 is 11.2. The molecule has 2 aromatic rings. The quantitative estimate of drug-likeness (QED) is 0.872. The molecule has 1 aliphatic heterocycles. The monoisotopic (exact) mass is 341 g/mol. The molecule has 25 heavy (non-hydrogen) atoms. The van der Waals surface area contributed by atoms with Crippen molar-refractivity contribution in [2.24, 2.45) is 0 Å². The van der Waals surface area contributed by atoms with Crippen LogP contribution in [0.2, 0.25) is 0 Å². The molecule has 0 bridgehead atoms. The second-order valence-electron chi connectivity index (χ2n) is 5.76. The van der Waals surface area contributed by atoms with Crippen molar-refractivity contribution in [3.05, 3.63) is 59.7 Å². The van der Waals surface area contributed by atoms with Crippen LogP contribution >= 0.6 is 0 Å². The van der Waals surface area contributed by atoms with Gasteiger partial charge in [0.1, 0.15) is 11.9 Å². The molecule has 0 aromatic heterocycles. The van der Waals surface area contributed by atoms with Crippen LogP contribution in [0.5, 0.6) is 5.75 Å². The van der Waals surface area contributed by atoms with E-state index in [1.807, 2.05) is 0 Å². The third kappa shape index (κ3) is 4.36. The number of anilines is 1. The van der Waals surface area contributed by atoms with E-state index in [1.54, 1.807) is 42.5 Å². The minimum atomic E-state index is -1.09. The number of rotatable bonds is 5. The first kappa shape index (κ1) is 17.0. The van der Waals surface area contributed by atoms with E-state index >= 15 is 0 Å². The average molecular weight is 341 g/mol. The molecule has 1 fully saturated rings. The van der Waals surface area contributed by atoms with E-state index in [1.165, 1.54) is 6.07 Å². The number of nitrogens with one attached hydrogen (secondary N) is 1. The lowest BCUT2D eigenvalue weighted by atomic mass is 10.1. The summed E-state index contributed by atoms with van der Waals surface area (Å²) in [6, 6.07) is 13.1. The van der Waals surface area contributed by atoms with Crippen molar-refractivity contribution in [3.8, 4) is 5.75 Å². The molecule has 1 saturated heterocycles. The lowest BCUT2D eigenvalue weighted by Gasteiger charge is -2.23. The van der Waals surface area contributed by atoms with Crippen LogP contribution in [0.25, 0.3) is 0 Å². The Morgan fingerprint density at radius 1 is 1.04 bits per heavy atom. The second kappa shape index (κ2) is 7.81. The number of hydrogen-bond acceptors (Lipinski definition) is 4. The van der Waals surface area contributed by atoms with Crippen molar-refractivity contribution in [1.29, 1.82) is 0 Å². The van der Waals surface area contributed by atoms with Crippen LogP contribution in [-0.2, 0) is 4.74 Å². The highest BCUT2D eigenvalue weighted by Crippen LogP contribution is 2.20. The topological polar surface area (TPSA) is 84.9 Å². The molecule has 0 spiro atoms. The maximum Gasteiger partial charge on any atom is 0.337 e. The zero-order valence-electron chi connectivity index (χ0n) is 13.6. The van der Waals surface area contributed by atoms with E-state index in [0.29, 0.717) is 24.5 Å². The molecule has 0 radical (unpaired) electrons. The summed E-state index contributed by atoms with van der Waals surface area (Å²) in [5.74, 6) is -0.753. The normalized spacial score (nSPS) is 14.7. The largest absolute Gasteiger partial charge is 0.490 e. The summed E-state index contributed by atoms with van der Waals surface area (Å²) in [5, 5.41) is 11.8. The Bertz CT molecular complexity index is 751. The minimum Gasteiger partial charge on any atom is -0.490 e. The fourth-order valence-electron chi connectivity index (χ4n) is 2.64. The van der Waals surface area contributed by atoms with Crippen LogP contribution in [0.4, 0.5) is 5.69 Å². The van der Waals surface area contributed by atoms with Crippen molar-refractivity contribution in [2.75, 3.05) is 18.5 Å². The van der Waals surface area contributed by atoms with Gasteiger partial charge in [0.15, 0.2) is 0 Å². The molecule has 1 aliphatic rings. The molecule has 6 heteroatoms. The second-order valence-corrected chi connectivity index (χ2v) is 5.76. The number of ether oxygens (including phenoxy) is 2. The van der Waals surface area contributed by atoms with Crippen LogP contribution in [-0.4, -0.2) is 36.3 Å². The Morgan fingerprint density at radius 3 is 2.40 bits per heavy atom. The Morgan fingerprint density at radius 2 is 1.72 bits per heavy atom. The zero-order valence-corrected chi connectivity index (χ0v) is 13.6. The molecule has 1 heterocycles. The lowest BCUT2D eigenvalue weighted by Crippen LogP contribution is -2.25. The van der Waals surface area contributed by atoms with Crippen molar-refractivity contribution in [2.45, 2.75) is 18.9 Å². The molecule has 130 valence electrons. The van der Waals surface area contributed by atoms with Crippen molar-refractivity contribution in [3.63, 3.8) is 0 Å². The van der Waals surface area contributed by atoms with E-state index in [9.17, 15) is 9.59 Å². The molecule has 1 amide bonds. The first-order chi connectivity index (χ1) is 12.1. The van der Waals surface area contributed by atoms with Gasteiger partial charge >= 0.3 is 5.97 Å². The number of para-hydroxylation sites is 1. The van der Waals surface area contributed by atoms with Gasteiger partial charge in [-0.1, -0.05) is 12.1 Å². The van der Waals surface area contributed by atoms with Crippen molar-refractivity contribution < 1.29 is 24.2 Å². The van der Waals surface area contributed by atoms with E-state index in [4.69, 9.17) is 14.6 Å². The van der Waals surface area contributed by atoms with E-state index in [-0.39, 0.29) is 23.3 Å². The highest BCUT2D eigenvalue weighted by atomic mass is 16.5. The van der Waals surface area contributed by atoms with Crippen LogP contribution in [0, 0.1) is 0 Å². The number of carboxylic acids is 1. The molecule has 0 saturated carbocycles. The fraction of sp³-hybridized carbons (Fsp3) is 0.263. The highest BCUT2D eigenvalue weighted by molar-refractivity contribution is 6.07. The van der Waals surface area contributed by atoms with Gasteiger partial charge in [0, 0.05) is 18.4 Å². The van der Waals surface area contributed by atoms with Gasteiger partial charge < -0.3 is 19.9 Å². The highest BCUT2D eigenvalue weighted by Gasteiger charge is 2.16. The van der Waals surface area contributed by atoms with Crippen LogP contribution in [0.1, 0.15) is 33.6 Å². The van der Waals surface area contributed by atoms with Crippen LogP contribution in [0.15, 0.2) is 48.5 Å². The number of amides is 1. The summed E-state index contributed by atoms with van der Waals surface area (Å²) in [4.78, 5) is 23.5. The Labute approximate surface area is 145 Å². The number of hydrogen-bond donors (Lipinski definition) is 2. The number of benzene rings is 2. The number of carbonyl (C=O) groups excluding carboxylic acids is 1. The van der Waals surface area contributed by atoms with Gasteiger partial charge in [0.25, 0.3) is 5.91 Å². The predicted molar refractivity (Wildman–Crippen MR) is 92.3 cm³/mol. The molecule has 3 rings (SSSR count). The Hall–Kier alpha value is -2.86. The Balaban J connectivity index is 1.66. The van der Waals surface area contributed by atoms with E-state index < -0.39 is 5.97 Å². The van der Waals surface area contributed by atoms with Crippen molar-refractivity contribution in [1.82, 2.24) is 0 Å². The van der Waals surface area contributed by atoms with Gasteiger partial charge in [-0.15, -0.1) is 0 Å². The number of carbonyl (C=O) groups is 2. The van der Waals surface area contributed by atoms with Gasteiger partial charge in [-0.05, 0) is 36.4 Å². The summed E-state index contributed by atoms with van der Waals surface area (Å²) in [6.07, 6.45) is 1.85. The van der Waals surface area contributed by atoms with Gasteiger partial charge in [0.2, 0.25) is 0 Å². The maximum absolute atomic E-state index is 12.3. The third-order valence-corrected chi connectivity index (χ3v) is 3.99. The fourth-order valence-corrected chi connectivity index (χ4v) is 2.64. The summed E-state index contributed by atoms with van der Waals surface area (Å²) in [5.41, 5.74) is 0.748. The summed E-state index contributed by atoms with van der Waals surface area (Å²) >= 11 is 0. The molecule has 0 atom stereocenters. The molecule has 0 unspecified atom stereocenters. The smallest absolute Gasteiger partial charge is 0.337 e. The molecule has 2 aromatic carbocycles. The number of carboxylic acid groups (broad SMARTS) is 1. The van der Waals surface area contributed by atoms with Crippen LogP contribution < -0.4 is 10.1 Å². The molecule has 0 aliphatic carbocycles. The Kier molecular flexibility index (Phi) is 5.30. The third-order valence-electron chi connectivity index (χ3n) is 3.99. The van der Waals surface area contributed by atoms with Gasteiger partial charge in [-0.25, -0.2) is 4.79 Å². The first-order valence-corrected chi connectivity index (χ1v) is 8.11. The van der Waals surface area contributed by atoms with Gasteiger partial charge in [0.05, 0.1) is 24.5 Å². The van der Waals surface area contributed by atoms with E-state index in [0.717, 1.165) is 12.8 Å². The molecule has 6 nitrogen and oxygen atoms in total. The van der Waals surface area contributed by atoms with Gasteiger partial charge in [-0.3, -0.25) is 4.79 Å². The van der Waals surface area contributed by atoms with E-state index in [2.05, 4.69) is 5.32 Å². The SMILES string of the molecule is O=C(Nc1ccccc1C(=O)O)c1ccc(OC2CCOCC2)cc1. The number of aromatic carboxylic acids is 1. The van der Waals surface area contributed by atoms with Gasteiger partial charge in [-0.2, -0.15) is 0 Å². The molecular formula is C19H19NO5. The predicted octanol–water partition coefficient (Wildman–Crippen LogP) is 3.19. The minimum absolute atomic E-state index is 0.0512. The first-order valence-electron chi connectivity index (χ1n) is 8.11.